The number of thiocarbonyl (C=S) groups is 1. The molecule has 6 rings (SSSR count). The van der Waals surface area contributed by atoms with Crippen molar-refractivity contribution >= 4 is 23.0 Å². The van der Waals surface area contributed by atoms with Crippen LogP contribution in [-0.4, -0.2) is 19.8 Å². The van der Waals surface area contributed by atoms with E-state index in [-0.39, 0.29) is 17.8 Å². The Morgan fingerprint density at radius 3 is 2.25 bits per heavy atom. The Morgan fingerprint density at radius 2 is 1.55 bits per heavy atom. The summed E-state index contributed by atoms with van der Waals surface area (Å²) in [6.07, 6.45) is 1.82. The molecule has 1 fully saturated rings. The van der Waals surface area contributed by atoms with Crippen molar-refractivity contribution in [3.05, 3.63) is 131 Å². The molecule has 1 aliphatic heterocycles. The van der Waals surface area contributed by atoms with Gasteiger partial charge in [0.25, 0.3) is 0 Å². The van der Waals surface area contributed by atoms with Crippen molar-refractivity contribution in [1.29, 1.82) is 0 Å². The van der Waals surface area contributed by atoms with Crippen molar-refractivity contribution in [2.24, 2.45) is 0 Å². The smallest absolute Gasteiger partial charge is 0.174 e. The van der Waals surface area contributed by atoms with Crippen molar-refractivity contribution in [1.82, 2.24) is 14.9 Å². The van der Waals surface area contributed by atoms with Gasteiger partial charge in [-0.3, -0.25) is 4.98 Å². The van der Waals surface area contributed by atoms with Gasteiger partial charge in [-0.2, -0.15) is 0 Å². The Bertz CT molecular complexity index is 1660. The topological polar surface area (TPSA) is 62.5 Å². The van der Waals surface area contributed by atoms with Gasteiger partial charge in [-0.15, -0.1) is 0 Å². The van der Waals surface area contributed by atoms with Crippen molar-refractivity contribution < 1.29 is 9.84 Å². The normalized spacial score (nSPS) is 16.7. The molecule has 0 spiro atoms. The van der Waals surface area contributed by atoms with Crippen LogP contribution in [0.5, 0.6) is 17.2 Å². The zero-order valence-corrected chi connectivity index (χ0v) is 23.4. The summed E-state index contributed by atoms with van der Waals surface area (Å²) in [5.74, 6) is 1.84. The number of hydrogen-bond donors (Lipinski definition) is 2. The van der Waals surface area contributed by atoms with Gasteiger partial charge in [-0.05, 0) is 117 Å². The van der Waals surface area contributed by atoms with Crippen LogP contribution in [-0.2, 0) is 0 Å². The summed E-state index contributed by atoms with van der Waals surface area (Å²) in [7, 11) is 0. The van der Waals surface area contributed by atoms with Gasteiger partial charge in [-0.1, -0.05) is 24.3 Å². The molecule has 1 aliphatic rings. The minimum absolute atomic E-state index is 0.136. The molecular formula is C33H30N4O2S. The van der Waals surface area contributed by atoms with E-state index in [1.165, 1.54) is 0 Å². The number of anilines is 1. The molecule has 2 atom stereocenters. The number of phenolic OH excluding ortho intramolecular Hbond substituents is 1. The molecule has 2 N–H and O–H groups in total. The maximum atomic E-state index is 9.83. The van der Waals surface area contributed by atoms with E-state index in [1.807, 2.05) is 79.9 Å². The maximum Gasteiger partial charge on any atom is 0.174 e. The van der Waals surface area contributed by atoms with E-state index in [4.69, 9.17) is 21.9 Å². The number of nitrogens with one attached hydrogen (secondary N) is 1. The molecule has 0 unspecified atom stereocenters. The summed E-state index contributed by atoms with van der Waals surface area (Å²) in [4.78, 5) is 6.87. The van der Waals surface area contributed by atoms with Crippen molar-refractivity contribution in [2.45, 2.75) is 32.9 Å². The van der Waals surface area contributed by atoms with E-state index in [1.54, 1.807) is 12.1 Å². The van der Waals surface area contributed by atoms with Crippen molar-refractivity contribution in [3.8, 4) is 22.9 Å². The molecular weight excluding hydrogens is 516 g/mol. The highest BCUT2D eigenvalue weighted by molar-refractivity contribution is 7.80. The lowest BCUT2D eigenvalue weighted by molar-refractivity contribution is 0.475. The monoisotopic (exact) mass is 546 g/mol. The van der Waals surface area contributed by atoms with E-state index in [0.717, 1.165) is 51.1 Å². The molecule has 0 amide bonds. The van der Waals surface area contributed by atoms with Crippen LogP contribution in [0.4, 0.5) is 5.69 Å². The molecule has 3 heterocycles. The van der Waals surface area contributed by atoms with E-state index in [9.17, 15) is 5.11 Å². The van der Waals surface area contributed by atoms with Gasteiger partial charge in [0.2, 0.25) is 0 Å². The van der Waals surface area contributed by atoms with Crippen LogP contribution < -0.4 is 15.0 Å². The van der Waals surface area contributed by atoms with Crippen LogP contribution in [0, 0.1) is 20.8 Å². The highest BCUT2D eigenvalue weighted by atomic mass is 32.1. The third-order valence-electron chi connectivity index (χ3n) is 7.43. The Balaban J connectivity index is 1.41. The summed E-state index contributed by atoms with van der Waals surface area (Å²) in [6.45, 7) is 6.26. The van der Waals surface area contributed by atoms with Gasteiger partial charge in [0.15, 0.2) is 5.11 Å². The quantitative estimate of drug-likeness (QED) is 0.215. The first kappa shape index (κ1) is 25.6. The van der Waals surface area contributed by atoms with Gasteiger partial charge in [0.1, 0.15) is 17.2 Å². The minimum atomic E-state index is -0.148. The molecule has 3 aromatic carbocycles. The van der Waals surface area contributed by atoms with E-state index >= 15 is 0 Å². The second kappa shape index (κ2) is 10.5. The number of phenols is 1. The summed E-state index contributed by atoms with van der Waals surface area (Å²) in [5, 5.41) is 14.0. The second-order valence-electron chi connectivity index (χ2n) is 10.0. The van der Waals surface area contributed by atoms with Gasteiger partial charge in [0.05, 0.1) is 17.8 Å². The number of aromatic hydroxyl groups is 1. The maximum absolute atomic E-state index is 9.83. The highest BCUT2D eigenvalue weighted by Crippen LogP contribution is 2.44. The van der Waals surface area contributed by atoms with Crippen molar-refractivity contribution in [3.63, 3.8) is 0 Å². The van der Waals surface area contributed by atoms with Crippen LogP contribution in [0.1, 0.15) is 40.3 Å². The van der Waals surface area contributed by atoms with Gasteiger partial charge in [0, 0.05) is 29.0 Å². The van der Waals surface area contributed by atoms with E-state index in [2.05, 4.69) is 46.8 Å². The fourth-order valence-corrected chi connectivity index (χ4v) is 5.85. The molecule has 6 nitrogen and oxygen atoms in total. The summed E-state index contributed by atoms with van der Waals surface area (Å²) < 4.78 is 8.36. The largest absolute Gasteiger partial charge is 0.508 e. The molecule has 1 saturated heterocycles. The average Bonchev–Trinajstić information content (AvgIpc) is 3.46. The first-order valence-corrected chi connectivity index (χ1v) is 13.6. The number of ether oxygens (including phenoxy) is 1. The minimum Gasteiger partial charge on any atom is -0.508 e. The lowest BCUT2D eigenvalue weighted by atomic mass is 9.96. The standard InChI is InChI=1S/C33H30N4O2S/c1-21-8-4-5-10-30(21)39-27-17-13-25(14-18-27)37-32(31(35-33(37)40)29-9-6-7-19-34-29)28-20-22(2)36(23(28)3)24-11-15-26(38)16-12-24/h4-20,31-32,38H,1-3H3,(H,35,40)/t31-,32-/m1/s1. The lowest BCUT2D eigenvalue weighted by Crippen LogP contribution is -2.29. The molecule has 5 aromatic rings. The van der Waals surface area contributed by atoms with E-state index in [0.29, 0.717) is 5.11 Å². The molecule has 0 aliphatic carbocycles. The number of para-hydroxylation sites is 1. The fraction of sp³-hybridized carbons (Fsp3) is 0.152. The highest BCUT2D eigenvalue weighted by Gasteiger charge is 2.42. The molecule has 2 aromatic heterocycles. The number of rotatable bonds is 6. The van der Waals surface area contributed by atoms with Gasteiger partial charge < -0.3 is 24.6 Å². The lowest BCUT2D eigenvalue weighted by Gasteiger charge is -2.28. The van der Waals surface area contributed by atoms with Gasteiger partial charge >= 0.3 is 0 Å². The van der Waals surface area contributed by atoms with Crippen LogP contribution in [0.3, 0.4) is 0 Å². The molecule has 0 bridgehead atoms. The van der Waals surface area contributed by atoms with Crippen LogP contribution in [0.15, 0.2) is 103 Å². The fourth-order valence-electron chi connectivity index (χ4n) is 5.51. The molecule has 200 valence electrons. The predicted molar refractivity (Wildman–Crippen MR) is 163 cm³/mol. The number of nitrogens with zero attached hydrogens (tertiary/aromatic N) is 3. The number of aryl methyl sites for hydroxylation is 2. The number of benzene rings is 3. The zero-order valence-electron chi connectivity index (χ0n) is 22.6. The predicted octanol–water partition coefficient (Wildman–Crippen LogP) is 7.47. The SMILES string of the molecule is Cc1ccccc1Oc1ccc(N2C(=S)N[C@H](c3ccccn3)[C@H]2c2cc(C)n(-c3ccc(O)cc3)c2C)cc1. The third kappa shape index (κ3) is 4.69. The second-order valence-corrected chi connectivity index (χ2v) is 10.4. The first-order chi connectivity index (χ1) is 19.4. The number of pyridine rings is 1. The summed E-state index contributed by atoms with van der Waals surface area (Å²) in [5.41, 5.74) is 7.31. The number of hydrogen-bond acceptors (Lipinski definition) is 4. The Kier molecular flexibility index (Phi) is 6.74. The molecule has 7 heteroatoms. The van der Waals surface area contributed by atoms with Crippen LogP contribution in [0.25, 0.3) is 5.69 Å². The van der Waals surface area contributed by atoms with Crippen molar-refractivity contribution in [2.75, 3.05) is 4.90 Å². The summed E-state index contributed by atoms with van der Waals surface area (Å²) in [6, 6.07) is 31.2. The van der Waals surface area contributed by atoms with Gasteiger partial charge in [-0.25, -0.2) is 0 Å². The zero-order chi connectivity index (χ0) is 27.8. The Morgan fingerprint density at radius 1 is 0.850 bits per heavy atom. The molecule has 0 saturated carbocycles. The summed E-state index contributed by atoms with van der Waals surface area (Å²) >= 11 is 5.94. The van der Waals surface area contributed by atoms with Crippen LogP contribution in [0.2, 0.25) is 0 Å². The molecule has 40 heavy (non-hydrogen) atoms. The Hall–Kier alpha value is -4.62. The average molecular weight is 547 g/mol. The first-order valence-electron chi connectivity index (χ1n) is 13.2. The van der Waals surface area contributed by atoms with E-state index < -0.39 is 0 Å². The third-order valence-corrected chi connectivity index (χ3v) is 7.75. The number of aromatic nitrogens is 2. The Labute approximate surface area is 239 Å². The molecule has 0 radical (unpaired) electrons. The van der Waals surface area contributed by atoms with Crippen LogP contribution >= 0.6 is 12.2 Å².